The molecule has 1 atom stereocenters. The lowest BCUT2D eigenvalue weighted by Crippen LogP contribution is -2.41. The summed E-state index contributed by atoms with van der Waals surface area (Å²) in [6.07, 6.45) is 8.21. The van der Waals surface area contributed by atoms with Crippen LogP contribution in [0.15, 0.2) is 65.2 Å². The van der Waals surface area contributed by atoms with Crippen molar-refractivity contribution in [3.05, 3.63) is 77.8 Å². The zero-order chi connectivity index (χ0) is 24.6. The topological polar surface area (TPSA) is 59.0 Å². The van der Waals surface area contributed by atoms with Gasteiger partial charge in [-0.1, -0.05) is 82.5 Å². The Hall–Kier alpha value is -2.68. The summed E-state index contributed by atoms with van der Waals surface area (Å²) in [4.78, 5) is 4.61. The summed E-state index contributed by atoms with van der Waals surface area (Å²) in [5, 5.41) is 9.57. The number of nitriles is 1. The number of oxazole rings is 1. The van der Waals surface area contributed by atoms with Crippen molar-refractivity contribution in [3.63, 3.8) is 0 Å². The molecular formula is C29H38N2O2Si. The number of aryl methyl sites for hydroxylation is 1. The van der Waals surface area contributed by atoms with Crippen molar-refractivity contribution in [3.8, 4) is 17.4 Å². The number of hydrogen-bond donors (Lipinski definition) is 0. The van der Waals surface area contributed by atoms with Crippen molar-refractivity contribution in [2.75, 3.05) is 0 Å². The molecule has 180 valence electrons. The normalized spacial score (nSPS) is 12.9. The van der Waals surface area contributed by atoms with Gasteiger partial charge in [0, 0.05) is 5.56 Å². The van der Waals surface area contributed by atoms with Gasteiger partial charge in [-0.25, -0.2) is 4.98 Å². The summed E-state index contributed by atoms with van der Waals surface area (Å²) < 4.78 is 13.0. The highest BCUT2D eigenvalue weighted by atomic mass is 28.4. The minimum atomic E-state index is -2.01. The van der Waals surface area contributed by atoms with Gasteiger partial charge in [0.15, 0.2) is 14.1 Å². The fraction of sp³-hybridized carbons (Fsp3) is 0.448. The molecule has 0 saturated carbocycles. The Morgan fingerprint density at radius 1 is 0.971 bits per heavy atom. The van der Waals surface area contributed by atoms with E-state index in [9.17, 15) is 5.26 Å². The maximum absolute atomic E-state index is 9.47. The minimum absolute atomic E-state index is 0.101. The molecule has 0 radical (unpaired) electrons. The second kappa shape index (κ2) is 11.6. The standard InChI is InChI=1S/C29H38N2O2Si/c1-29(2,3)34(4,5)33-26(20-12-7-6-9-15-23-16-10-8-11-17-23)28-31-22-27(32-28)25-19-14-13-18-24(25)21-30/h8,10-11,13-14,16-19,22,26H,6-7,9,12,15,20H2,1-5H3. The maximum Gasteiger partial charge on any atom is 0.222 e. The largest absolute Gasteiger partial charge is 0.438 e. The van der Waals surface area contributed by atoms with E-state index < -0.39 is 8.32 Å². The van der Waals surface area contributed by atoms with E-state index in [1.54, 1.807) is 12.3 Å². The number of aromatic nitrogens is 1. The van der Waals surface area contributed by atoms with Crippen LogP contribution in [0.4, 0.5) is 0 Å². The molecule has 0 aliphatic heterocycles. The summed E-state index contributed by atoms with van der Waals surface area (Å²) >= 11 is 0. The molecule has 5 heteroatoms. The average molecular weight is 475 g/mol. The molecule has 0 saturated heterocycles. The fourth-order valence-corrected chi connectivity index (χ4v) is 5.06. The highest BCUT2D eigenvalue weighted by molar-refractivity contribution is 6.74. The van der Waals surface area contributed by atoms with Crippen LogP contribution in [0, 0.1) is 11.3 Å². The number of rotatable bonds is 11. The lowest BCUT2D eigenvalue weighted by Gasteiger charge is -2.38. The molecule has 3 rings (SSSR count). The highest BCUT2D eigenvalue weighted by Crippen LogP contribution is 2.41. The highest BCUT2D eigenvalue weighted by Gasteiger charge is 2.40. The van der Waals surface area contributed by atoms with Gasteiger partial charge in [-0.05, 0) is 55.1 Å². The van der Waals surface area contributed by atoms with Gasteiger partial charge in [0.1, 0.15) is 6.10 Å². The van der Waals surface area contributed by atoms with Gasteiger partial charge in [0.2, 0.25) is 5.89 Å². The second-order valence-corrected chi connectivity index (χ2v) is 15.3. The Kier molecular flexibility index (Phi) is 8.88. The van der Waals surface area contributed by atoms with Crippen molar-refractivity contribution < 1.29 is 8.84 Å². The summed E-state index contributed by atoms with van der Waals surface area (Å²) in [6.45, 7) is 11.3. The summed E-state index contributed by atoms with van der Waals surface area (Å²) in [5.74, 6) is 1.25. The number of unbranched alkanes of at least 4 members (excludes halogenated alkanes) is 3. The third kappa shape index (κ3) is 6.91. The van der Waals surface area contributed by atoms with E-state index in [4.69, 9.17) is 8.84 Å². The fourth-order valence-electron chi connectivity index (χ4n) is 3.78. The zero-order valence-corrected chi connectivity index (χ0v) is 22.3. The molecule has 0 amide bonds. The first-order chi connectivity index (χ1) is 16.2. The van der Waals surface area contributed by atoms with Gasteiger partial charge in [0.25, 0.3) is 0 Å². The Morgan fingerprint density at radius 3 is 2.35 bits per heavy atom. The third-order valence-electron chi connectivity index (χ3n) is 6.88. The molecule has 3 aromatic rings. The molecule has 0 aliphatic rings. The van der Waals surface area contributed by atoms with E-state index in [0.717, 1.165) is 31.2 Å². The van der Waals surface area contributed by atoms with Gasteiger partial charge < -0.3 is 8.84 Å². The summed E-state index contributed by atoms with van der Waals surface area (Å²) in [6, 6.07) is 20.4. The van der Waals surface area contributed by atoms with Crippen LogP contribution in [-0.2, 0) is 10.8 Å². The molecule has 2 aromatic carbocycles. The molecule has 0 bridgehead atoms. The molecule has 1 aromatic heterocycles. The molecule has 0 spiro atoms. The predicted molar refractivity (Wildman–Crippen MR) is 141 cm³/mol. The Balaban J connectivity index is 1.67. The lowest BCUT2D eigenvalue weighted by molar-refractivity contribution is 0.139. The van der Waals surface area contributed by atoms with Crippen LogP contribution in [-0.4, -0.2) is 13.3 Å². The summed E-state index contributed by atoms with van der Waals surface area (Å²) in [7, 11) is -2.01. The predicted octanol–water partition coefficient (Wildman–Crippen LogP) is 8.47. The van der Waals surface area contributed by atoms with Gasteiger partial charge in [-0.15, -0.1) is 0 Å². The van der Waals surface area contributed by atoms with Crippen molar-refractivity contribution >= 4 is 8.32 Å². The Morgan fingerprint density at radius 2 is 1.65 bits per heavy atom. The van der Waals surface area contributed by atoms with Crippen LogP contribution in [0.2, 0.25) is 18.1 Å². The molecule has 1 heterocycles. The van der Waals surface area contributed by atoms with Gasteiger partial charge in [-0.2, -0.15) is 5.26 Å². The van der Waals surface area contributed by atoms with Crippen molar-refractivity contribution in [1.82, 2.24) is 4.98 Å². The van der Waals surface area contributed by atoms with Crippen LogP contribution in [0.25, 0.3) is 11.3 Å². The maximum atomic E-state index is 9.47. The van der Waals surface area contributed by atoms with E-state index in [-0.39, 0.29) is 11.1 Å². The first kappa shape index (κ1) is 25.9. The van der Waals surface area contributed by atoms with E-state index >= 15 is 0 Å². The average Bonchev–Trinajstić information content (AvgIpc) is 3.30. The van der Waals surface area contributed by atoms with Gasteiger partial charge in [-0.3, -0.25) is 0 Å². The first-order valence-electron chi connectivity index (χ1n) is 12.4. The molecule has 0 N–H and O–H groups in total. The molecular weight excluding hydrogens is 436 g/mol. The van der Waals surface area contributed by atoms with Crippen molar-refractivity contribution in [2.45, 2.75) is 83.5 Å². The quantitative estimate of drug-likeness (QED) is 0.206. The van der Waals surface area contributed by atoms with E-state index in [0.29, 0.717) is 17.2 Å². The monoisotopic (exact) mass is 474 g/mol. The zero-order valence-electron chi connectivity index (χ0n) is 21.3. The van der Waals surface area contributed by atoms with E-state index in [2.05, 4.69) is 75.3 Å². The van der Waals surface area contributed by atoms with Crippen molar-refractivity contribution in [2.24, 2.45) is 0 Å². The van der Waals surface area contributed by atoms with Gasteiger partial charge >= 0.3 is 0 Å². The van der Waals surface area contributed by atoms with Crippen LogP contribution in [0.3, 0.4) is 0 Å². The van der Waals surface area contributed by atoms with Gasteiger partial charge in [0.05, 0.1) is 17.8 Å². The van der Waals surface area contributed by atoms with Crippen LogP contribution in [0.5, 0.6) is 0 Å². The van der Waals surface area contributed by atoms with Crippen molar-refractivity contribution in [1.29, 1.82) is 5.26 Å². The number of hydrogen-bond acceptors (Lipinski definition) is 4. The minimum Gasteiger partial charge on any atom is -0.438 e. The van der Waals surface area contributed by atoms with Crippen LogP contribution >= 0.6 is 0 Å². The van der Waals surface area contributed by atoms with E-state index in [1.165, 1.54) is 18.4 Å². The lowest BCUT2D eigenvalue weighted by atomic mass is 10.0. The van der Waals surface area contributed by atoms with Crippen LogP contribution in [0.1, 0.15) is 76.0 Å². The summed E-state index contributed by atoms with van der Waals surface area (Å²) in [5.41, 5.74) is 2.77. The molecule has 34 heavy (non-hydrogen) atoms. The second-order valence-electron chi connectivity index (χ2n) is 10.5. The SMILES string of the molecule is CC(C)(C)[Si](C)(C)OC(CCCCCCc1ccccc1)c1ncc(-c2ccccc2C#N)o1. The molecule has 0 aliphatic carbocycles. The first-order valence-corrected chi connectivity index (χ1v) is 15.3. The third-order valence-corrected chi connectivity index (χ3v) is 11.4. The number of benzene rings is 2. The van der Waals surface area contributed by atoms with E-state index in [1.807, 2.05) is 18.2 Å². The Bertz CT molecular complexity index is 1080. The molecule has 0 fully saturated rings. The number of nitrogens with zero attached hydrogens (tertiary/aromatic N) is 2. The molecule has 4 nitrogen and oxygen atoms in total. The smallest absolute Gasteiger partial charge is 0.222 e. The molecule has 1 unspecified atom stereocenters. The Labute approximate surface area is 206 Å². The van der Waals surface area contributed by atoms with Crippen LogP contribution < -0.4 is 0 Å².